The van der Waals surface area contributed by atoms with E-state index in [1.54, 1.807) is 12.4 Å². The lowest BCUT2D eigenvalue weighted by molar-refractivity contribution is 0.240. The second-order valence-electron chi connectivity index (χ2n) is 3.77. The van der Waals surface area contributed by atoms with E-state index in [0.717, 1.165) is 30.5 Å². The van der Waals surface area contributed by atoms with Crippen LogP contribution in [0.1, 0.15) is 30.9 Å². The zero-order chi connectivity index (χ0) is 11.8. The second-order valence-corrected chi connectivity index (χ2v) is 3.77. The Morgan fingerprint density at radius 1 is 1.44 bits per heavy atom. The van der Waals surface area contributed by atoms with E-state index in [1.807, 2.05) is 13.0 Å². The molecule has 0 bridgehead atoms. The Labute approximate surface area is 96.5 Å². The third-order valence-corrected chi connectivity index (χ3v) is 2.40. The maximum absolute atomic E-state index is 11.4. The molecule has 0 saturated heterocycles. The summed E-state index contributed by atoms with van der Waals surface area (Å²) < 4.78 is 0. The number of aromatic nitrogens is 1. The molecule has 2 amide bonds. The van der Waals surface area contributed by atoms with Gasteiger partial charge in [0.05, 0.1) is 0 Å². The topological polar surface area (TPSA) is 54.0 Å². The van der Waals surface area contributed by atoms with Crippen molar-refractivity contribution in [1.29, 1.82) is 0 Å². The van der Waals surface area contributed by atoms with Gasteiger partial charge in [-0.1, -0.05) is 13.3 Å². The Bertz CT molecular complexity index is 339. The third-order valence-electron chi connectivity index (χ3n) is 2.40. The van der Waals surface area contributed by atoms with Crippen LogP contribution >= 0.6 is 0 Å². The molecule has 16 heavy (non-hydrogen) atoms. The molecule has 88 valence electrons. The summed E-state index contributed by atoms with van der Waals surface area (Å²) in [5.74, 6) is 0. The van der Waals surface area contributed by atoms with Gasteiger partial charge in [-0.2, -0.15) is 0 Å². The molecule has 4 heteroatoms. The van der Waals surface area contributed by atoms with E-state index in [2.05, 4.69) is 22.5 Å². The van der Waals surface area contributed by atoms with Crippen LogP contribution in [0.5, 0.6) is 0 Å². The van der Waals surface area contributed by atoms with Gasteiger partial charge in [-0.05, 0) is 30.5 Å². The van der Waals surface area contributed by atoms with Gasteiger partial charge in [0.2, 0.25) is 0 Å². The van der Waals surface area contributed by atoms with Crippen molar-refractivity contribution < 1.29 is 4.79 Å². The summed E-state index contributed by atoms with van der Waals surface area (Å²) >= 11 is 0. The zero-order valence-corrected chi connectivity index (χ0v) is 9.92. The smallest absolute Gasteiger partial charge is 0.315 e. The van der Waals surface area contributed by atoms with Crippen LogP contribution in [-0.2, 0) is 6.54 Å². The average molecular weight is 221 g/mol. The highest BCUT2D eigenvalue weighted by atomic mass is 16.2. The van der Waals surface area contributed by atoms with E-state index in [1.165, 1.54) is 0 Å². The highest BCUT2D eigenvalue weighted by molar-refractivity contribution is 5.73. The molecule has 0 atom stereocenters. The number of urea groups is 1. The third kappa shape index (κ3) is 4.29. The van der Waals surface area contributed by atoms with Crippen molar-refractivity contribution in [2.24, 2.45) is 0 Å². The van der Waals surface area contributed by atoms with Crippen molar-refractivity contribution in [3.63, 3.8) is 0 Å². The SMILES string of the molecule is CCCCNC(=O)NCc1cnccc1C. The fraction of sp³-hybridized carbons (Fsp3) is 0.500. The van der Waals surface area contributed by atoms with Gasteiger partial charge >= 0.3 is 6.03 Å². The number of hydrogen-bond acceptors (Lipinski definition) is 2. The van der Waals surface area contributed by atoms with Crippen LogP contribution in [0.3, 0.4) is 0 Å². The predicted octanol–water partition coefficient (Wildman–Crippen LogP) is 1.99. The fourth-order valence-corrected chi connectivity index (χ4v) is 1.30. The second kappa shape index (κ2) is 6.82. The molecule has 1 rings (SSSR count). The van der Waals surface area contributed by atoms with Crippen molar-refractivity contribution in [3.8, 4) is 0 Å². The van der Waals surface area contributed by atoms with Gasteiger partial charge in [-0.25, -0.2) is 4.79 Å². The summed E-state index contributed by atoms with van der Waals surface area (Å²) in [6, 6.07) is 1.82. The normalized spacial score (nSPS) is 9.88. The van der Waals surface area contributed by atoms with Crippen LogP contribution in [0.15, 0.2) is 18.5 Å². The molecule has 0 fully saturated rings. The number of unbranched alkanes of at least 4 members (excludes halogenated alkanes) is 1. The maximum atomic E-state index is 11.4. The molecule has 0 unspecified atom stereocenters. The zero-order valence-electron chi connectivity index (χ0n) is 9.92. The quantitative estimate of drug-likeness (QED) is 0.747. The first-order valence-corrected chi connectivity index (χ1v) is 5.65. The molecular weight excluding hydrogens is 202 g/mol. The van der Waals surface area contributed by atoms with Crippen molar-refractivity contribution in [2.45, 2.75) is 33.2 Å². The molecule has 4 nitrogen and oxygen atoms in total. The van der Waals surface area contributed by atoms with E-state index in [9.17, 15) is 4.79 Å². The fourth-order valence-electron chi connectivity index (χ4n) is 1.30. The highest BCUT2D eigenvalue weighted by Gasteiger charge is 2.01. The minimum absolute atomic E-state index is 0.114. The number of nitrogens with zero attached hydrogens (tertiary/aromatic N) is 1. The van der Waals surface area contributed by atoms with Gasteiger partial charge in [0, 0.05) is 25.5 Å². The number of carbonyl (C=O) groups is 1. The Kier molecular flexibility index (Phi) is 5.32. The highest BCUT2D eigenvalue weighted by Crippen LogP contribution is 2.03. The Morgan fingerprint density at radius 2 is 2.25 bits per heavy atom. The lowest BCUT2D eigenvalue weighted by atomic mass is 10.2. The minimum Gasteiger partial charge on any atom is -0.338 e. The molecule has 0 aliphatic carbocycles. The Morgan fingerprint density at radius 3 is 2.94 bits per heavy atom. The predicted molar refractivity (Wildman–Crippen MR) is 64.1 cm³/mol. The number of hydrogen-bond donors (Lipinski definition) is 2. The van der Waals surface area contributed by atoms with Gasteiger partial charge < -0.3 is 10.6 Å². The summed E-state index contributed by atoms with van der Waals surface area (Å²) in [7, 11) is 0. The van der Waals surface area contributed by atoms with Crippen LogP contribution in [0, 0.1) is 6.92 Å². The monoisotopic (exact) mass is 221 g/mol. The Balaban J connectivity index is 2.29. The van der Waals surface area contributed by atoms with Crippen molar-refractivity contribution in [1.82, 2.24) is 15.6 Å². The molecule has 1 aromatic rings. The van der Waals surface area contributed by atoms with Gasteiger partial charge in [0.1, 0.15) is 0 Å². The number of carbonyl (C=O) groups excluding carboxylic acids is 1. The van der Waals surface area contributed by atoms with Gasteiger partial charge in [0.15, 0.2) is 0 Å². The minimum atomic E-state index is -0.114. The van der Waals surface area contributed by atoms with E-state index in [0.29, 0.717) is 6.54 Å². The largest absolute Gasteiger partial charge is 0.338 e. The molecule has 0 aliphatic heterocycles. The maximum Gasteiger partial charge on any atom is 0.315 e. The summed E-state index contributed by atoms with van der Waals surface area (Å²) in [5, 5.41) is 5.61. The standard InChI is InChI=1S/C12H19N3O/c1-3-4-6-14-12(16)15-9-11-8-13-7-5-10(11)2/h5,7-8H,3-4,6,9H2,1-2H3,(H2,14,15,16). The number of amides is 2. The van der Waals surface area contributed by atoms with Crippen LogP contribution < -0.4 is 10.6 Å². The van der Waals surface area contributed by atoms with Crippen LogP contribution in [-0.4, -0.2) is 17.6 Å². The molecule has 0 radical (unpaired) electrons. The van der Waals surface area contributed by atoms with Crippen LogP contribution in [0.2, 0.25) is 0 Å². The lowest BCUT2D eigenvalue weighted by Gasteiger charge is -2.08. The molecule has 2 N–H and O–H groups in total. The molecular formula is C12H19N3O. The molecule has 1 heterocycles. The first-order chi connectivity index (χ1) is 7.74. The van der Waals surface area contributed by atoms with Crippen molar-refractivity contribution in [2.75, 3.05) is 6.54 Å². The molecule has 0 saturated carbocycles. The Hall–Kier alpha value is -1.58. The van der Waals surface area contributed by atoms with Gasteiger partial charge in [-0.15, -0.1) is 0 Å². The molecule has 0 aromatic carbocycles. The number of nitrogens with one attached hydrogen (secondary N) is 2. The molecule has 0 spiro atoms. The summed E-state index contributed by atoms with van der Waals surface area (Å²) in [4.78, 5) is 15.4. The average Bonchev–Trinajstić information content (AvgIpc) is 2.28. The summed E-state index contributed by atoms with van der Waals surface area (Å²) in [6.07, 6.45) is 5.63. The van der Waals surface area contributed by atoms with Gasteiger partial charge in [-0.3, -0.25) is 4.98 Å². The van der Waals surface area contributed by atoms with Crippen molar-refractivity contribution >= 4 is 6.03 Å². The first-order valence-electron chi connectivity index (χ1n) is 5.65. The van der Waals surface area contributed by atoms with Gasteiger partial charge in [0.25, 0.3) is 0 Å². The number of rotatable bonds is 5. The number of pyridine rings is 1. The summed E-state index contributed by atoms with van der Waals surface area (Å²) in [5.41, 5.74) is 2.19. The first kappa shape index (κ1) is 12.5. The van der Waals surface area contributed by atoms with E-state index in [-0.39, 0.29) is 6.03 Å². The molecule has 1 aromatic heterocycles. The van der Waals surface area contributed by atoms with E-state index in [4.69, 9.17) is 0 Å². The van der Waals surface area contributed by atoms with Crippen molar-refractivity contribution in [3.05, 3.63) is 29.6 Å². The molecule has 0 aliphatic rings. The number of aryl methyl sites for hydroxylation is 1. The van der Waals surface area contributed by atoms with Crippen LogP contribution in [0.25, 0.3) is 0 Å². The lowest BCUT2D eigenvalue weighted by Crippen LogP contribution is -2.35. The van der Waals surface area contributed by atoms with E-state index >= 15 is 0 Å². The van der Waals surface area contributed by atoms with E-state index < -0.39 is 0 Å². The van der Waals surface area contributed by atoms with Crippen LogP contribution in [0.4, 0.5) is 4.79 Å². The summed E-state index contributed by atoms with van der Waals surface area (Å²) in [6.45, 7) is 5.36.